The molecule has 0 saturated heterocycles. The Labute approximate surface area is 87.1 Å². The number of hydrogen-bond acceptors (Lipinski definition) is 3. The van der Waals surface area contributed by atoms with Crippen molar-refractivity contribution in [2.24, 2.45) is 0 Å². The SMILES string of the molecule is Cc1ccc(Nc2c(C)c(=O)c2=O)cc1. The van der Waals surface area contributed by atoms with E-state index in [1.807, 2.05) is 31.2 Å². The quantitative estimate of drug-likeness (QED) is 0.751. The van der Waals surface area contributed by atoms with E-state index < -0.39 is 5.43 Å². The standard InChI is InChI=1S/C12H11NO2/c1-7-3-5-9(6-4-7)13-10-8(2)11(14)12(10)15/h3-6,13H,1-2H3. The monoisotopic (exact) mass is 201 g/mol. The summed E-state index contributed by atoms with van der Waals surface area (Å²) >= 11 is 0. The number of hydrogen-bond donors (Lipinski definition) is 1. The van der Waals surface area contributed by atoms with Crippen LogP contribution in [0.25, 0.3) is 0 Å². The first-order valence-corrected chi connectivity index (χ1v) is 4.73. The highest BCUT2D eigenvalue weighted by Crippen LogP contribution is 2.16. The maximum atomic E-state index is 11.2. The van der Waals surface area contributed by atoms with Crippen LogP contribution in [0.5, 0.6) is 0 Å². The molecule has 0 unspecified atom stereocenters. The van der Waals surface area contributed by atoms with Crippen molar-refractivity contribution in [1.29, 1.82) is 0 Å². The second kappa shape index (κ2) is 3.35. The predicted molar refractivity (Wildman–Crippen MR) is 60.6 cm³/mol. The molecule has 0 bridgehead atoms. The minimum absolute atomic E-state index is 0.385. The molecule has 0 aliphatic heterocycles. The van der Waals surface area contributed by atoms with Gasteiger partial charge in [-0.05, 0) is 26.0 Å². The third kappa shape index (κ3) is 1.56. The Morgan fingerprint density at radius 1 is 0.933 bits per heavy atom. The lowest BCUT2D eigenvalue weighted by molar-refractivity contribution is 1.26. The Balaban J connectivity index is 2.28. The Kier molecular flexibility index (Phi) is 2.15. The highest BCUT2D eigenvalue weighted by molar-refractivity contribution is 5.65. The fourth-order valence-electron chi connectivity index (χ4n) is 1.44. The van der Waals surface area contributed by atoms with E-state index in [0.717, 1.165) is 11.3 Å². The Hall–Kier alpha value is -1.90. The highest BCUT2D eigenvalue weighted by Gasteiger charge is 2.16. The first-order chi connectivity index (χ1) is 7.09. The predicted octanol–water partition coefficient (Wildman–Crippen LogP) is 1.64. The Bertz CT molecular complexity index is 560. The lowest BCUT2D eigenvalue weighted by Gasteiger charge is -2.09. The molecule has 0 aliphatic carbocycles. The average molecular weight is 201 g/mol. The van der Waals surface area contributed by atoms with Gasteiger partial charge in [0, 0.05) is 11.3 Å². The first-order valence-electron chi connectivity index (χ1n) is 4.73. The molecule has 0 amide bonds. The third-order valence-corrected chi connectivity index (χ3v) is 2.47. The molecule has 76 valence electrons. The minimum Gasteiger partial charge on any atom is -0.352 e. The lowest BCUT2D eigenvalue weighted by Crippen LogP contribution is -2.35. The van der Waals surface area contributed by atoms with Crippen molar-refractivity contribution in [2.75, 3.05) is 5.32 Å². The summed E-state index contributed by atoms with van der Waals surface area (Å²) in [6, 6.07) is 7.66. The van der Waals surface area contributed by atoms with Crippen LogP contribution in [0.15, 0.2) is 33.9 Å². The van der Waals surface area contributed by atoms with E-state index in [9.17, 15) is 9.59 Å². The molecule has 0 aromatic heterocycles. The average Bonchev–Trinajstić information content (AvgIpc) is 2.27. The summed E-state index contributed by atoms with van der Waals surface area (Å²) in [5, 5.41) is 2.94. The molecule has 0 heterocycles. The van der Waals surface area contributed by atoms with Crippen LogP contribution in [-0.4, -0.2) is 0 Å². The zero-order chi connectivity index (χ0) is 11.0. The Morgan fingerprint density at radius 3 is 2.07 bits per heavy atom. The van der Waals surface area contributed by atoms with Gasteiger partial charge in [0.1, 0.15) is 0 Å². The maximum absolute atomic E-state index is 11.2. The van der Waals surface area contributed by atoms with Crippen LogP contribution < -0.4 is 16.2 Å². The molecule has 0 atom stereocenters. The zero-order valence-corrected chi connectivity index (χ0v) is 8.63. The molecule has 0 spiro atoms. The molecule has 0 aliphatic rings. The molecule has 3 heteroatoms. The summed E-state index contributed by atoms with van der Waals surface area (Å²) in [7, 11) is 0. The van der Waals surface area contributed by atoms with Crippen molar-refractivity contribution in [3.05, 3.63) is 55.8 Å². The van der Waals surface area contributed by atoms with E-state index in [2.05, 4.69) is 5.32 Å². The number of rotatable bonds is 2. The molecule has 15 heavy (non-hydrogen) atoms. The van der Waals surface area contributed by atoms with Gasteiger partial charge < -0.3 is 5.32 Å². The zero-order valence-electron chi connectivity index (χ0n) is 8.63. The molecule has 3 nitrogen and oxygen atoms in total. The van der Waals surface area contributed by atoms with Gasteiger partial charge in [-0.3, -0.25) is 9.59 Å². The maximum Gasteiger partial charge on any atom is 0.249 e. The summed E-state index contributed by atoms with van der Waals surface area (Å²) in [6.07, 6.45) is 0. The van der Waals surface area contributed by atoms with Crippen molar-refractivity contribution in [3.63, 3.8) is 0 Å². The fraction of sp³-hybridized carbons (Fsp3) is 0.167. The van der Waals surface area contributed by atoms with Crippen LogP contribution in [0.4, 0.5) is 11.4 Å². The summed E-state index contributed by atoms with van der Waals surface area (Å²) < 4.78 is 0. The molecular formula is C12H11NO2. The second-order valence-electron chi connectivity index (χ2n) is 3.65. The van der Waals surface area contributed by atoms with Crippen molar-refractivity contribution in [2.45, 2.75) is 13.8 Å². The first kappa shape index (κ1) is 9.65. The normalized spacial score (nSPS) is 10.5. The highest BCUT2D eigenvalue weighted by atomic mass is 16.2. The number of anilines is 2. The van der Waals surface area contributed by atoms with E-state index in [1.165, 1.54) is 0 Å². The van der Waals surface area contributed by atoms with Gasteiger partial charge in [0.25, 0.3) is 0 Å². The molecule has 0 saturated carbocycles. The van der Waals surface area contributed by atoms with Gasteiger partial charge in [0.15, 0.2) is 0 Å². The molecule has 0 fully saturated rings. The van der Waals surface area contributed by atoms with Crippen molar-refractivity contribution in [3.8, 4) is 0 Å². The molecule has 1 N–H and O–H groups in total. The van der Waals surface area contributed by atoms with Crippen LogP contribution in [0, 0.1) is 13.8 Å². The third-order valence-electron chi connectivity index (χ3n) is 2.47. The number of benzene rings is 1. The molecule has 2 rings (SSSR count). The number of aryl methyl sites for hydroxylation is 1. The Morgan fingerprint density at radius 2 is 1.53 bits per heavy atom. The fourth-order valence-corrected chi connectivity index (χ4v) is 1.44. The van der Waals surface area contributed by atoms with Crippen LogP contribution in [0.3, 0.4) is 0 Å². The molecule has 2 aromatic rings. The topological polar surface area (TPSA) is 46.2 Å². The molecular weight excluding hydrogens is 190 g/mol. The minimum atomic E-state index is -0.423. The van der Waals surface area contributed by atoms with Gasteiger partial charge in [-0.25, -0.2) is 0 Å². The number of nitrogens with one attached hydrogen (secondary N) is 1. The lowest BCUT2D eigenvalue weighted by atomic mass is 10.1. The van der Waals surface area contributed by atoms with Gasteiger partial charge in [0.05, 0.1) is 5.69 Å². The summed E-state index contributed by atoms with van der Waals surface area (Å²) in [6.45, 7) is 3.65. The molecule has 2 aromatic carbocycles. The van der Waals surface area contributed by atoms with Crippen LogP contribution in [0.2, 0.25) is 0 Å². The summed E-state index contributed by atoms with van der Waals surface area (Å²) in [5.41, 5.74) is 2.11. The van der Waals surface area contributed by atoms with E-state index in [1.54, 1.807) is 6.92 Å². The van der Waals surface area contributed by atoms with Gasteiger partial charge in [-0.15, -0.1) is 0 Å². The van der Waals surface area contributed by atoms with Crippen molar-refractivity contribution in [1.82, 2.24) is 0 Å². The summed E-state index contributed by atoms with van der Waals surface area (Å²) in [5.74, 6) is 0. The van der Waals surface area contributed by atoms with Gasteiger partial charge in [-0.1, -0.05) is 17.7 Å². The van der Waals surface area contributed by atoms with Crippen LogP contribution >= 0.6 is 0 Å². The van der Waals surface area contributed by atoms with E-state index >= 15 is 0 Å². The molecule has 0 radical (unpaired) electrons. The smallest absolute Gasteiger partial charge is 0.249 e. The van der Waals surface area contributed by atoms with Crippen molar-refractivity contribution < 1.29 is 0 Å². The van der Waals surface area contributed by atoms with Gasteiger partial charge in [-0.2, -0.15) is 0 Å². The van der Waals surface area contributed by atoms with Crippen molar-refractivity contribution >= 4 is 11.4 Å². The van der Waals surface area contributed by atoms with E-state index in [4.69, 9.17) is 0 Å². The van der Waals surface area contributed by atoms with E-state index in [0.29, 0.717) is 11.3 Å². The summed E-state index contributed by atoms with van der Waals surface area (Å²) in [4.78, 5) is 22.1. The van der Waals surface area contributed by atoms with Gasteiger partial charge >= 0.3 is 0 Å². The largest absolute Gasteiger partial charge is 0.352 e. The van der Waals surface area contributed by atoms with E-state index in [-0.39, 0.29) is 5.43 Å². The van der Waals surface area contributed by atoms with Gasteiger partial charge in [0.2, 0.25) is 10.9 Å². The van der Waals surface area contributed by atoms with Crippen LogP contribution in [-0.2, 0) is 0 Å². The second-order valence-corrected chi connectivity index (χ2v) is 3.65. The van der Waals surface area contributed by atoms with Crippen LogP contribution in [0.1, 0.15) is 11.1 Å².